The number of rotatable bonds is 4. The first kappa shape index (κ1) is 15.4. The van der Waals surface area contributed by atoms with Crippen molar-refractivity contribution in [3.05, 3.63) is 56.0 Å². The molecule has 0 saturated carbocycles. The molecule has 1 amide bonds. The summed E-state index contributed by atoms with van der Waals surface area (Å²) in [4.78, 5) is 19.1. The van der Waals surface area contributed by atoms with E-state index in [0.29, 0.717) is 17.1 Å². The molecule has 0 atom stereocenters. The third-order valence-electron chi connectivity index (χ3n) is 2.48. The number of carbonyl (C=O) groups excluding carboxylic acids is 1. The third kappa shape index (κ3) is 3.37. The number of nitrogens with zero attached hydrogens (tertiary/aromatic N) is 5. The van der Waals surface area contributed by atoms with Gasteiger partial charge in [-0.3, -0.25) is 14.7 Å². The monoisotopic (exact) mass is 341 g/mol. The summed E-state index contributed by atoms with van der Waals surface area (Å²) in [6.07, 6.45) is 1.93. The first-order chi connectivity index (χ1) is 10.1. The van der Waals surface area contributed by atoms with Crippen molar-refractivity contribution < 1.29 is 4.79 Å². The molecule has 1 aromatic carbocycles. The second-order valence-electron chi connectivity index (χ2n) is 3.76. The van der Waals surface area contributed by atoms with Crippen molar-refractivity contribution in [3.8, 4) is 0 Å². The molecule has 0 N–H and O–H groups in total. The highest BCUT2D eigenvalue weighted by atomic mass is 35.5. The van der Waals surface area contributed by atoms with E-state index in [9.17, 15) is 4.79 Å². The molecule has 0 fully saturated rings. The predicted octanol–water partition coefficient (Wildman–Crippen LogP) is 5.28. The number of benzene rings is 1. The Bertz CT molecular complexity index is 722. The summed E-state index contributed by atoms with van der Waals surface area (Å²) in [5.74, 6) is 0.114. The molecule has 1 heterocycles. The normalized spacial score (nSPS) is 9.86. The van der Waals surface area contributed by atoms with E-state index < -0.39 is 0 Å². The van der Waals surface area contributed by atoms with Crippen molar-refractivity contribution in [1.82, 2.24) is 4.98 Å². The summed E-state index contributed by atoms with van der Waals surface area (Å²) in [5.41, 5.74) is 9.09. The minimum atomic E-state index is 0.114. The lowest BCUT2D eigenvalue weighted by molar-refractivity contribution is -0.106. The molecule has 0 aliphatic rings. The molecule has 21 heavy (non-hydrogen) atoms. The highest BCUT2D eigenvalue weighted by Crippen LogP contribution is 2.39. The van der Waals surface area contributed by atoms with E-state index in [1.807, 2.05) is 0 Å². The summed E-state index contributed by atoms with van der Waals surface area (Å²) >= 11 is 18.0. The Morgan fingerprint density at radius 1 is 1.24 bits per heavy atom. The Labute approximate surface area is 134 Å². The topological polar surface area (TPSA) is 82.0 Å². The van der Waals surface area contributed by atoms with Gasteiger partial charge in [0.05, 0.1) is 21.4 Å². The number of hydrogen-bond acceptors (Lipinski definition) is 3. The smallest absolute Gasteiger partial charge is 0.218 e. The first-order valence-electron chi connectivity index (χ1n) is 5.47. The predicted molar refractivity (Wildman–Crippen MR) is 82.7 cm³/mol. The van der Waals surface area contributed by atoms with Crippen LogP contribution in [0.15, 0.2) is 35.6 Å². The first-order valence-corrected chi connectivity index (χ1v) is 6.60. The Balaban J connectivity index is 2.57. The molecule has 0 bridgehead atoms. The van der Waals surface area contributed by atoms with Crippen molar-refractivity contribution in [3.63, 3.8) is 0 Å². The summed E-state index contributed by atoms with van der Waals surface area (Å²) in [6, 6.07) is 5.91. The second-order valence-corrected chi connectivity index (χ2v) is 5.01. The summed E-state index contributed by atoms with van der Waals surface area (Å²) < 4.78 is 0. The van der Waals surface area contributed by atoms with Crippen molar-refractivity contribution in [2.75, 3.05) is 4.90 Å². The molecule has 6 nitrogen and oxygen atoms in total. The van der Waals surface area contributed by atoms with E-state index in [2.05, 4.69) is 15.0 Å². The van der Waals surface area contributed by atoms with Crippen molar-refractivity contribution in [1.29, 1.82) is 0 Å². The van der Waals surface area contributed by atoms with Gasteiger partial charge >= 0.3 is 0 Å². The molecule has 0 radical (unpaired) electrons. The van der Waals surface area contributed by atoms with E-state index in [0.717, 1.165) is 0 Å². The van der Waals surface area contributed by atoms with Gasteiger partial charge in [-0.25, -0.2) is 0 Å². The standard InChI is InChI=1S/C12H6Cl3N5O/c13-7-3-9(14)12(10(15)4-7)20(6-21)8-1-2-17-11(5-8)18-19-16/h1-6H. The maximum absolute atomic E-state index is 11.4. The number of carbonyl (C=O) groups is 1. The number of halogens is 3. The lowest BCUT2D eigenvalue weighted by atomic mass is 10.2. The van der Waals surface area contributed by atoms with Gasteiger partial charge in [-0.1, -0.05) is 34.8 Å². The van der Waals surface area contributed by atoms with Gasteiger partial charge in [0, 0.05) is 16.1 Å². The average molecular weight is 343 g/mol. The van der Waals surface area contributed by atoms with Crippen LogP contribution in [0.25, 0.3) is 10.4 Å². The molecule has 0 aliphatic heterocycles. The maximum Gasteiger partial charge on any atom is 0.218 e. The largest absolute Gasteiger partial charge is 0.280 e. The average Bonchev–Trinajstić information content (AvgIpc) is 2.43. The molecule has 0 unspecified atom stereocenters. The van der Waals surface area contributed by atoms with Gasteiger partial charge in [0.1, 0.15) is 5.82 Å². The van der Waals surface area contributed by atoms with Gasteiger partial charge in [-0.05, 0) is 34.9 Å². The number of anilines is 2. The Hall–Kier alpha value is -1.98. The second kappa shape index (κ2) is 6.65. The van der Waals surface area contributed by atoms with Crippen LogP contribution < -0.4 is 4.90 Å². The fraction of sp³-hybridized carbons (Fsp3) is 0. The fourth-order valence-electron chi connectivity index (χ4n) is 1.67. The van der Waals surface area contributed by atoms with Crippen LogP contribution in [0.2, 0.25) is 15.1 Å². The van der Waals surface area contributed by atoms with Crippen molar-refractivity contribution in [2.45, 2.75) is 0 Å². The fourth-order valence-corrected chi connectivity index (χ4v) is 2.66. The Morgan fingerprint density at radius 3 is 2.48 bits per heavy atom. The Morgan fingerprint density at radius 2 is 1.90 bits per heavy atom. The zero-order valence-corrected chi connectivity index (χ0v) is 12.5. The molecule has 2 rings (SSSR count). The number of azide groups is 1. The van der Waals surface area contributed by atoms with Gasteiger partial charge in [0.25, 0.3) is 0 Å². The van der Waals surface area contributed by atoms with Crippen LogP contribution in [0.4, 0.5) is 17.2 Å². The highest BCUT2D eigenvalue weighted by molar-refractivity contribution is 6.42. The molecule has 2 aromatic rings. The SMILES string of the molecule is [N-]=[N+]=Nc1cc(N(C=O)c2c(Cl)cc(Cl)cc2Cl)ccn1. The van der Waals surface area contributed by atoms with Gasteiger partial charge < -0.3 is 0 Å². The van der Waals surface area contributed by atoms with Crippen LogP contribution in [-0.4, -0.2) is 11.4 Å². The van der Waals surface area contributed by atoms with Gasteiger partial charge in [-0.2, -0.15) is 0 Å². The summed E-state index contributed by atoms with van der Waals surface area (Å²) in [7, 11) is 0. The summed E-state index contributed by atoms with van der Waals surface area (Å²) in [5, 5.41) is 4.15. The van der Waals surface area contributed by atoms with Crippen LogP contribution >= 0.6 is 34.8 Å². The number of amides is 1. The highest BCUT2D eigenvalue weighted by Gasteiger charge is 2.17. The number of aromatic nitrogens is 1. The van der Waals surface area contributed by atoms with E-state index >= 15 is 0 Å². The molecule has 0 spiro atoms. The lowest BCUT2D eigenvalue weighted by Gasteiger charge is -2.20. The van der Waals surface area contributed by atoms with Crippen LogP contribution in [0, 0.1) is 0 Å². The third-order valence-corrected chi connectivity index (χ3v) is 3.28. The van der Waals surface area contributed by atoms with Gasteiger partial charge in [0.2, 0.25) is 6.41 Å². The van der Waals surface area contributed by atoms with E-state index in [1.54, 1.807) is 6.07 Å². The number of hydrogen-bond donors (Lipinski definition) is 0. The van der Waals surface area contributed by atoms with Gasteiger partial charge in [0.15, 0.2) is 0 Å². The van der Waals surface area contributed by atoms with Crippen LogP contribution in [0.1, 0.15) is 0 Å². The van der Waals surface area contributed by atoms with Gasteiger partial charge in [-0.15, -0.1) is 0 Å². The number of pyridine rings is 1. The van der Waals surface area contributed by atoms with Crippen molar-refractivity contribution in [2.24, 2.45) is 5.11 Å². The molecule has 0 saturated heterocycles. The Kier molecular flexibility index (Phi) is 4.88. The molecular weight excluding hydrogens is 337 g/mol. The molecule has 1 aromatic heterocycles. The van der Waals surface area contributed by atoms with Crippen LogP contribution in [0.5, 0.6) is 0 Å². The van der Waals surface area contributed by atoms with E-state index in [1.165, 1.54) is 29.3 Å². The zero-order chi connectivity index (χ0) is 15.4. The maximum atomic E-state index is 11.4. The molecule has 9 heteroatoms. The van der Waals surface area contributed by atoms with Crippen molar-refractivity contribution >= 4 is 58.4 Å². The molecule has 106 valence electrons. The zero-order valence-electron chi connectivity index (χ0n) is 10.2. The van der Waals surface area contributed by atoms with Crippen LogP contribution in [-0.2, 0) is 4.79 Å². The van der Waals surface area contributed by atoms with Crippen LogP contribution in [0.3, 0.4) is 0 Å². The lowest BCUT2D eigenvalue weighted by Crippen LogP contribution is -2.15. The minimum absolute atomic E-state index is 0.114. The molecular formula is C12H6Cl3N5O. The summed E-state index contributed by atoms with van der Waals surface area (Å²) in [6.45, 7) is 0. The minimum Gasteiger partial charge on any atom is -0.280 e. The molecule has 0 aliphatic carbocycles. The quantitative estimate of drug-likeness (QED) is 0.328. The van der Waals surface area contributed by atoms with E-state index in [-0.39, 0.29) is 21.6 Å². The van der Waals surface area contributed by atoms with E-state index in [4.69, 9.17) is 40.3 Å².